The van der Waals surface area contributed by atoms with Gasteiger partial charge in [-0.3, -0.25) is 9.48 Å². The van der Waals surface area contributed by atoms with Crippen molar-refractivity contribution < 1.29 is 14.3 Å². The van der Waals surface area contributed by atoms with Crippen molar-refractivity contribution in [1.29, 1.82) is 5.26 Å². The van der Waals surface area contributed by atoms with Crippen LogP contribution in [-0.4, -0.2) is 22.0 Å². The van der Waals surface area contributed by atoms with E-state index in [0.29, 0.717) is 34.1 Å². The Labute approximate surface area is 202 Å². The molecule has 2 rings (SSSR count). The highest BCUT2D eigenvalue weighted by molar-refractivity contribution is 6.33. The van der Waals surface area contributed by atoms with Crippen LogP contribution in [0.4, 0.5) is 0 Å². The van der Waals surface area contributed by atoms with E-state index in [1.165, 1.54) is 0 Å². The molecule has 33 heavy (non-hydrogen) atoms. The number of benzene rings is 1. The molecule has 6 nitrogen and oxygen atoms in total. The van der Waals surface area contributed by atoms with Gasteiger partial charge >= 0.3 is 5.97 Å². The fourth-order valence-corrected chi connectivity index (χ4v) is 3.60. The van der Waals surface area contributed by atoms with E-state index >= 15 is 0 Å². The normalized spacial score (nSPS) is 13.4. The van der Waals surface area contributed by atoms with Crippen LogP contribution in [-0.2, 0) is 26.2 Å². The molecule has 0 aliphatic carbocycles. The van der Waals surface area contributed by atoms with Gasteiger partial charge in [-0.05, 0) is 36.3 Å². The number of ether oxygens (including phenoxy) is 2. The van der Waals surface area contributed by atoms with Crippen molar-refractivity contribution in [3.05, 3.63) is 51.8 Å². The van der Waals surface area contributed by atoms with Crippen LogP contribution >= 0.6 is 11.6 Å². The molecule has 0 radical (unpaired) electrons. The molecule has 0 amide bonds. The fourth-order valence-electron chi connectivity index (χ4n) is 3.38. The van der Waals surface area contributed by atoms with Gasteiger partial charge in [0.1, 0.15) is 17.3 Å². The molecule has 1 atom stereocenters. The number of allylic oxidation sites excluding steroid dienone is 1. The summed E-state index contributed by atoms with van der Waals surface area (Å²) in [6.45, 7) is 16.2. The first kappa shape index (κ1) is 26.5. The standard InChI is InChI=1S/C26H34ClN3O3/c1-9-30-24(23(27)17(4)29-30)25(33-18(5)32-22(31)14-16(2)3)21(15-28)19-10-12-20(13-11-19)26(6,7)8/h10-13,16,18H,9,14H2,1-8H3/b25-21-. The SMILES string of the molecule is CCn1nc(C)c(Cl)c1/C(OC(C)OC(=O)CC(C)C)=C(\C#N)c1ccc(C(C)(C)C)cc1. The average Bonchev–Trinajstić information content (AvgIpc) is 3.00. The predicted octanol–water partition coefficient (Wildman–Crippen LogP) is 6.51. The Hall–Kier alpha value is -2.78. The summed E-state index contributed by atoms with van der Waals surface area (Å²) in [6, 6.07) is 10.1. The molecular formula is C26H34ClN3O3. The molecule has 1 aromatic heterocycles. The number of esters is 1. The summed E-state index contributed by atoms with van der Waals surface area (Å²) in [5.74, 6) is 0.0313. The molecule has 178 valence electrons. The van der Waals surface area contributed by atoms with E-state index in [2.05, 4.69) is 31.9 Å². The monoisotopic (exact) mass is 471 g/mol. The number of hydrogen-bond donors (Lipinski definition) is 0. The number of rotatable bonds is 8. The van der Waals surface area contributed by atoms with Gasteiger partial charge in [-0.15, -0.1) is 0 Å². The molecule has 0 saturated heterocycles. The van der Waals surface area contributed by atoms with Crippen LogP contribution in [0.5, 0.6) is 0 Å². The molecule has 7 heteroatoms. The van der Waals surface area contributed by atoms with Gasteiger partial charge in [0.15, 0.2) is 5.76 Å². The topological polar surface area (TPSA) is 77.1 Å². The van der Waals surface area contributed by atoms with E-state index in [9.17, 15) is 10.1 Å². The van der Waals surface area contributed by atoms with E-state index in [-0.39, 0.29) is 29.5 Å². The lowest BCUT2D eigenvalue weighted by atomic mass is 9.86. The number of aryl methyl sites for hydroxylation is 2. The van der Waals surface area contributed by atoms with Gasteiger partial charge in [0.2, 0.25) is 6.29 Å². The maximum absolute atomic E-state index is 12.2. The van der Waals surface area contributed by atoms with Crippen molar-refractivity contribution in [2.45, 2.75) is 80.1 Å². The van der Waals surface area contributed by atoms with Gasteiger partial charge in [-0.1, -0.05) is 70.5 Å². The van der Waals surface area contributed by atoms with Crippen molar-refractivity contribution >= 4 is 28.9 Å². The van der Waals surface area contributed by atoms with Gasteiger partial charge in [-0.25, -0.2) is 0 Å². The highest BCUT2D eigenvalue weighted by Gasteiger charge is 2.26. The van der Waals surface area contributed by atoms with Crippen LogP contribution in [0.25, 0.3) is 11.3 Å². The smallest absolute Gasteiger partial charge is 0.309 e. The van der Waals surface area contributed by atoms with E-state index in [1.54, 1.807) is 18.5 Å². The summed E-state index contributed by atoms with van der Waals surface area (Å²) in [5.41, 5.74) is 3.21. The molecular weight excluding hydrogens is 438 g/mol. The number of aromatic nitrogens is 2. The number of halogens is 1. The van der Waals surface area contributed by atoms with Crippen LogP contribution < -0.4 is 0 Å². The largest absolute Gasteiger partial charge is 0.451 e. The molecule has 1 unspecified atom stereocenters. The first-order chi connectivity index (χ1) is 15.4. The lowest BCUT2D eigenvalue weighted by Gasteiger charge is -2.21. The second kappa shape index (κ2) is 10.9. The summed E-state index contributed by atoms with van der Waals surface area (Å²) in [5, 5.41) is 15.0. The zero-order valence-corrected chi connectivity index (χ0v) is 21.6. The Morgan fingerprint density at radius 3 is 2.27 bits per heavy atom. The van der Waals surface area contributed by atoms with Crippen molar-refractivity contribution in [2.75, 3.05) is 0 Å². The quantitative estimate of drug-likeness (QED) is 0.190. The predicted molar refractivity (Wildman–Crippen MR) is 131 cm³/mol. The molecule has 0 aliphatic heterocycles. The third-order valence-corrected chi connectivity index (χ3v) is 5.56. The molecule has 0 saturated carbocycles. The molecule has 0 spiro atoms. The molecule has 1 heterocycles. The second-order valence-corrected chi connectivity index (χ2v) is 9.86. The lowest BCUT2D eigenvalue weighted by Crippen LogP contribution is -2.20. The number of hydrogen-bond acceptors (Lipinski definition) is 5. The highest BCUT2D eigenvalue weighted by atomic mass is 35.5. The van der Waals surface area contributed by atoms with E-state index < -0.39 is 6.29 Å². The van der Waals surface area contributed by atoms with Crippen LogP contribution in [0, 0.1) is 24.2 Å². The molecule has 0 N–H and O–H groups in total. The maximum Gasteiger partial charge on any atom is 0.309 e. The van der Waals surface area contributed by atoms with Crippen molar-refractivity contribution in [1.82, 2.24) is 9.78 Å². The third kappa shape index (κ3) is 6.61. The van der Waals surface area contributed by atoms with Gasteiger partial charge < -0.3 is 9.47 Å². The average molecular weight is 472 g/mol. The Morgan fingerprint density at radius 1 is 1.18 bits per heavy atom. The van der Waals surface area contributed by atoms with Crippen molar-refractivity contribution in [3.8, 4) is 6.07 Å². The number of carbonyl (C=O) groups is 1. The van der Waals surface area contributed by atoms with E-state index in [4.69, 9.17) is 21.1 Å². The van der Waals surface area contributed by atoms with Crippen LogP contribution in [0.3, 0.4) is 0 Å². The minimum Gasteiger partial charge on any atom is -0.451 e. The lowest BCUT2D eigenvalue weighted by molar-refractivity contribution is -0.165. The Balaban J connectivity index is 2.61. The summed E-state index contributed by atoms with van der Waals surface area (Å²) in [4.78, 5) is 12.2. The maximum atomic E-state index is 12.2. The number of carbonyl (C=O) groups excluding carboxylic acids is 1. The first-order valence-corrected chi connectivity index (χ1v) is 11.6. The molecule has 0 fully saturated rings. The van der Waals surface area contributed by atoms with E-state index in [1.807, 2.05) is 45.0 Å². The molecule has 0 aliphatic rings. The Kier molecular flexibility index (Phi) is 8.74. The Morgan fingerprint density at radius 2 is 1.79 bits per heavy atom. The summed E-state index contributed by atoms with van der Waals surface area (Å²) >= 11 is 6.60. The summed E-state index contributed by atoms with van der Waals surface area (Å²) in [6.07, 6.45) is -0.640. The van der Waals surface area contributed by atoms with Crippen molar-refractivity contribution in [3.63, 3.8) is 0 Å². The molecule has 0 bridgehead atoms. The van der Waals surface area contributed by atoms with Crippen LogP contribution in [0.2, 0.25) is 5.02 Å². The minimum atomic E-state index is -0.917. The van der Waals surface area contributed by atoms with Gasteiger partial charge in [0.05, 0.1) is 10.7 Å². The van der Waals surface area contributed by atoms with Gasteiger partial charge in [0.25, 0.3) is 0 Å². The zero-order chi connectivity index (χ0) is 24.9. The van der Waals surface area contributed by atoms with Crippen LogP contribution in [0.1, 0.15) is 77.4 Å². The van der Waals surface area contributed by atoms with Crippen LogP contribution in [0.15, 0.2) is 24.3 Å². The minimum absolute atomic E-state index is 0.0191. The first-order valence-electron chi connectivity index (χ1n) is 11.2. The fraction of sp³-hybridized carbons (Fsp3) is 0.500. The second-order valence-electron chi connectivity index (χ2n) is 9.48. The zero-order valence-electron chi connectivity index (χ0n) is 20.8. The van der Waals surface area contributed by atoms with Gasteiger partial charge in [-0.2, -0.15) is 10.4 Å². The van der Waals surface area contributed by atoms with Gasteiger partial charge in [0, 0.05) is 19.9 Å². The van der Waals surface area contributed by atoms with Crippen molar-refractivity contribution in [2.24, 2.45) is 5.92 Å². The van der Waals surface area contributed by atoms with E-state index in [0.717, 1.165) is 5.56 Å². The molecule has 2 aromatic rings. The summed E-state index contributed by atoms with van der Waals surface area (Å²) < 4.78 is 13.2. The highest BCUT2D eigenvalue weighted by Crippen LogP contribution is 2.35. The number of nitrogens with zero attached hydrogens (tertiary/aromatic N) is 3. The Bertz CT molecular complexity index is 1050. The molecule has 1 aromatic carbocycles. The third-order valence-electron chi connectivity index (χ3n) is 5.10. The number of nitriles is 1. The summed E-state index contributed by atoms with van der Waals surface area (Å²) in [7, 11) is 0.